The van der Waals surface area contributed by atoms with Gasteiger partial charge in [0, 0.05) is 11.0 Å². The minimum Gasteiger partial charge on any atom is -0.493 e. The molecule has 2 aromatic rings. The molecule has 3 rings (SSSR count). The molecule has 1 aliphatic heterocycles. The summed E-state index contributed by atoms with van der Waals surface area (Å²) in [4.78, 5) is 0. The summed E-state index contributed by atoms with van der Waals surface area (Å²) < 4.78 is 5.50. The smallest absolute Gasteiger partial charge is 0.218 e. The first-order valence-electron chi connectivity index (χ1n) is 5.98. The average Bonchev–Trinajstić information content (AvgIpc) is 2.64. The number of imidazole rings is 1. The fraction of sp³-hybridized carbons (Fsp3) is 0.308. The molecule has 1 aromatic carbocycles. The molecule has 18 heavy (non-hydrogen) atoms. The summed E-state index contributed by atoms with van der Waals surface area (Å²) in [5.41, 5.74) is 1.87. The van der Waals surface area contributed by atoms with E-state index in [9.17, 15) is 5.11 Å². The van der Waals surface area contributed by atoms with Gasteiger partial charge in [0.2, 0.25) is 5.88 Å². The Labute approximate surface area is 119 Å². The largest absolute Gasteiger partial charge is 0.493 e. The van der Waals surface area contributed by atoms with Gasteiger partial charge in [-0.1, -0.05) is 15.9 Å². The predicted octanol–water partition coefficient (Wildman–Crippen LogP) is 3.81. The lowest BCUT2D eigenvalue weighted by atomic mass is 10.1. The quantitative estimate of drug-likeness (QED) is 0.808. The topological polar surface area (TPSA) is 30.1 Å². The van der Waals surface area contributed by atoms with Gasteiger partial charge in [-0.3, -0.25) is 4.57 Å². The van der Waals surface area contributed by atoms with E-state index in [-0.39, 0.29) is 0 Å². The molecule has 1 N–H and O–H groups in total. The molecular weight excluding hydrogens is 312 g/mol. The van der Waals surface area contributed by atoms with E-state index in [1.807, 2.05) is 24.3 Å². The number of benzene rings is 1. The van der Waals surface area contributed by atoms with E-state index in [2.05, 4.69) is 20.5 Å². The molecule has 0 aliphatic carbocycles. The maximum atomic E-state index is 10.3. The highest BCUT2D eigenvalue weighted by atomic mass is 79.9. The van der Waals surface area contributed by atoms with Crippen molar-refractivity contribution in [1.29, 1.82) is 0 Å². The van der Waals surface area contributed by atoms with Crippen LogP contribution in [-0.4, -0.2) is 14.2 Å². The first-order valence-corrected chi connectivity index (χ1v) is 7.18. The Kier molecular flexibility index (Phi) is 3.03. The summed E-state index contributed by atoms with van der Waals surface area (Å²) in [6.45, 7) is 0.908. The van der Waals surface area contributed by atoms with E-state index in [4.69, 9.17) is 12.2 Å². The Balaban J connectivity index is 2.21. The molecule has 0 atom stereocenters. The third-order valence-corrected chi connectivity index (χ3v) is 4.28. The molecule has 3 nitrogen and oxygen atoms in total. The highest BCUT2D eigenvalue weighted by Gasteiger charge is 2.20. The van der Waals surface area contributed by atoms with Gasteiger partial charge in [0.1, 0.15) is 0 Å². The summed E-state index contributed by atoms with van der Waals surface area (Å²) in [5, 5.41) is 10.3. The third-order valence-electron chi connectivity index (χ3n) is 3.35. The highest BCUT2D eigenvalue weighted by Crippen LogP contribution is 2.30. The van der Waals surface area contributed by atoms with Crippen molar-refractivity contribution in [3.05, 3.63) is 39.2 Å². The fourth-order valence-corrected chi connectivity index (χ4v) is 3.10. The Bertz CT molecular complexity index is 642. The Morgan fingerprint density at radius 2 is 1.89 bits per heavy atom. The number of hydrogen-bond donors (Lipinski definition) is 1. The zero-order valence-corrected chi connectivity index (χ0v) is 12.2. The van der Waals surface area contributed by atoms with Crippen LogP contribution in [0.5, 0.6) is 5.88 Å². The van der Waals surface area contributed by atoms with Crippen molar-refractivity contribution in [2.45, 2.75) is 25.8 Å². The second-order valence-electron chi connectivity index (χ2n) is 4.47. The first kappa shape index (κ1) is 12.0. The van der Waals surface area contributed by atoms with Crippen LogP contribution < -0.4 is 0 Å². The van der Waals surface area contributed by atoms with Crippen LogP contribution in [-0.2, 0) is 13.0 Å². The van der Waals surface area contributed by atoms with Crippen LogP contribution in [0.15, 0.2) is 28.7 Å². The van der Waals surface area contributed by atoms with Gasteiger partial charge in [-0.2, -0.15) is 0 Å². The summed E-state index contributed by atoms with van der Waals surface area (Å²) in [6, 6.07) is 7.80. The Hall–Kier alpha value is -1.07. The van der Waals surface area contributed by atoms with Crippen LogP contribution in [0, 0.1) is 4.77 Å². The number of hydrogen-bond acceptors (Lipinski definition) is 2. The lowest BCUT2D eigenvalue weighted by Crippen LogP contribution is -2.09. The van der Waals surface area contributed by atoms with E-state index >= 15 is 0 Å². The van der Waals surface area contributed by atoms with Crippen molar-refractivity contribution in [2.75, 3.05) is 0 Å². The average molecular weight is 325 g/mol. The number of fused-ring (bicyclic) bond motifs is 1. The van der Waals surface area contributed by atoms with E-state index in [1.54, 1.807) is 4.57 Å². The molecule has 2 heterocycles. The normalized spacial score (nSPS) is 14.5. The van der Waals surface area contributed by atoms with E-state index < -0.39 is 0 Å². The van der Waals surface area contributed by atoms with Crippen LogP contribution in [0.3, 0.4) is 0 Å². The van der Waals surface area contributed by atoms with Crippen molar-refractivity contribution >= 4 is 28.1 Å². The molecule has 0 radical (unpaired) electrons. The van der Waals surface area contributed by atoms with Gasteiger partial charge >= 0.3 is 0 Å². The summed E-state index contributed by atoms with van der Waals surface area (Å²) in [6.07, 6.45) is 3.15. The molecule has 0 bridgehead atoms. The summed E-state index contributed by atoms with van der Waals surface area (Å²) in [5.74, 6) is 0.294. The number of halogens is 1. The number of nitrogens with zero attached hydrogens (tertiary/aromatic N) is 2. The first-order chi connectivity index (χ1) is 8.68. The van der Waals surface area contributed by atoms with E-state index in [0.717, 1.165) is 41.7 Å². The van der Waals surface area contributed by atoms with Crippen molar-refractivity contribution < 1.29 is 5.11 Å². The van der Waals surface area contributed by atoms with Crippen molar-refractivity contribution in [2.24, 2.45) is 0 Å². The predicted molar refractivity (Wildman–Crippen MR) is 76.9 cm³/mol. The van der Waals surface area contributed by atoms with Gasteiger partial charge in [0.05, 0.1) is 11.4 Å². The second-order valence-corrected chi connectivity index (χ2v) is 5.75. The zero-order chi connectivity index (χ0) is 12.7. The van der Waals surface area contributed by atoms with E-state index in [0.29, 0.717) is 10.7 Å². The summed E-state index contributed by atoms with van der Waals surface area (Å²) >= 11 is 8.88. The van der Waals surface area contributed by atoms with Gasteiger partial charge in [-0.15, -0.1) is 0 Å². The SMILES string of the molecule is Oc1c2n(c(=S)n1-c1ccc(Br)cc1)CCCC2. The highest BCUT2D eigenvalue weighted by molar-refractivity contribution is 9.10. The number of rotatable bonds is 1. The molecule has 5 heteroatoms. The van der Waals surface area contributed by atoms with Crippen LogP contribution in [0.2, 0.25) is 0 Å². The van der Waals surface area contributed by atoms with Crippen molar-refractivity contribution in [1.82, 2.24) is 9.13 Å². The molecule has 94 valence electrons. The molecule has 1 aliphatic rings. The maximum absolute atomic E-state index is 10.3. The summed E-state index contributed by atoms with van der Waals surface area (Å²) in [7, 11) is 0. The van der Waals surface area contributed by atoms with Gasteiger partial charge in [-0.05, 0) is 55.7 Å². The molecular formula is C13H13BrN2OS. The lowest BCUT2D eigenvalue weighted by molar-refractivity contribution is 0.426. The Morgan fingerprint density at radius 1 is 1.17 bits per heavy atom. The van der Waals surface area contributed by atoms with Gasteiger partial charge in [0.25, 0.3) is 0 Å². The Morgan fingerprint density at radius 3 is 2.56 bits per heavy atom. The van der Waals surface area contributed by atoms with Crippen molar-refractivity contribution in [3.63, 3.8) is 0 Å². The molecule has 1 aromatic heterocycles. The van der Waals surface area contributed by atoms with Crippen LogP contribution in [0.4, 0.5) is 0 Å². The molecule has 0 spiro atoms. The maximum Gasteiger partial charge on any atom is 0.218 e. The minimum absolute atomic E-state index is 0.294. The van der Waals surface area contributed by atoms with Crippen LogP contribution in [0.25, 0.3) is 5.69 Å². The van der Waals surface area contributed by atoms with Crippen LogP contribution >= 0.6 is 28.1 Å². The van der Waals surface area contributed by atoms with Crippen molar-refractivity contribution in [3.8, 4) is 11.6 Å². The molecule has 0 saturated carbocycles. The molecule has 0 saturated heterocycles. The van der Waals surface area contributed by atoms with Gasteiger partial charge in [0.15, 0.2) is 4.77 Å². The third kappa shape index (κ3) is 1.82. The van der Waals surface area contributed by atoms with Crippen LogP contribution in [0.1, 0.15) is 18.5 Å². The molecule has 0 fully saturated rings. The molecule has 0 amide bonds. The lowest BCUT2D eigenvalue weighted by Gasteiger charge is -2.12. The molecule has 0 unspecified atom stereocenters. The van der Waals surface area contributed by atoms with Gasteiger partial charge in [-0.25, -0.2) is 0 Å². The second kappa shape index (κ2) is 4.55. The number of aromatic hydroxyl groups is 1. The monoisotopic (exact) mass is 324 g/mol. The standard InChI is InChI=1S/C13H13BrN2OS/c14-9-4-6-10(7-5-9)16-12(17)11-3-1-2-8-15(11)13(16)18/h4-7,17H,1-3,8H2. The number of aromatic nitrogens is 2. The van der Waals surface area contributed by atoms with E-state index in [1.165, 1.54) is 0 Å². The zero-order valence-electron chi connectivity index (χ0n) is 9.77. The van der Waals surface area contributed by atoms with Gasteiger partial charge < -0.3 is 9.67 Å². The minimum atomic E-state index is 0.294. The fourth-order valence-electron chi connectivity index (χ4n) is 2.44.